The predicted molar refractivity (Wildman–Crippen MR) is 105 cm³/mol. The molecule has 4 amide bonds. The summed E-state index contributed by atoms with van der Waals surface area (Å²) in [6.07, 6.45) is -4.63. The lowest BCUT2D eigenvalue weighted by molar-refractivity contribution is -0.138. The fraction of sp³-hybridized carbons (Fsp3) is 0.105. The van der Waals surface area contributed by atoms with Crippen LogP contribution in [-0.2, 0) is 12.7 Å². The van der Waals surface area contributed by atoms with Crippen LogP contribution in [0.2, 0.25) is 0 Å². The van der Waals surface area contributed by atoms with Crippen molar-refractivity contribution >= 4 is 40.0 Å². The molecule has 12 heteroatoms. The Kier molecular flexibility index (Phi) is 5.15. The van der Waals surface area contributed by atoms with Crippen molar-refractivity contribution in [1.29, 1.82) is 0 Å². The molecule has 0 unspecified atom stereocenters. The summed E-state index contributed by atoms with van der Waals surface area (Å²) >= 11 is 0.213. The van der Waals surface area contributed by atoms with Gasteiger partial charge in [0.05, 0.1) is 16.8 Å². The Balaban J connectivity index is 1.36. The highest BCUT2D eigenvalue weighted by molar-refractivity contribution is 7.15. The van der Waals surface area contributed by atoms with Gasteiger partial charge in [0, 0.05) is 6.54 Å². The van der Waals surface area contributed by atoms with Crippen LogP contribution in [0, 0.1) is 0 Å². The standard InChI is InChI=1S/C19H12F3N5O3S/c20-19(21,22)16-25-26-18(31-16)24-17(30)23-9-10-5-7-11(8-6-10)27-14(28)12-3-1-2-4-13(12)15(27)29/h1-8H,9H2,(H2,23,24,26,30). The first-order chi connectivity index (χ1) is 14.7. The minimum absolute atomic E-state index is 0.0547. The molecule has 0 fully saturated rings. The number of imide groups is 1. The number of anilines is 2. The maximum atomic E-state index is 12.5. The molecule has 8 nitrogen and oxygen atoms in total. The molecule has 0 spiro atoms. The van der Waals surface area contributed by atoms with Crippen molar-refractivity contribution < 1.29 is 27.6 Å². The largest absolute Gasteiger partial charge is 0.445 e. The van der Waals surface area contributed by atoms with E-state index >= 15 is 0 Å². The first-order valence-corrected chi connectivity index (χ1v) is 9.58. The summed E-state index contributed by atoms with van der Waals surface area (Å²) in [6, 6.07) is 12.1. The van der Waals surface area contributed by atoms with Crippen LogP contribution in [0.4, 0.5) is 28.8 Å². The summed E-state index contributed by atoms with van der Waals surface area (Å²) in [5.74, 6) is -0.831. The van der Waals surface area contributed by atoms with E-state index in [1.807, 2.05) is 0 Å². The minimum Gasteiger partial charge on any atom is -0.334 e. The van der Waals surface area contributed by atoms with Crippen molar-refractivity contribution in [3.8, 4) is 0 Å². The van der Waals surface area contributed by atoms with Crippen molar-refractivity contribution in [3.63, 3.8) is 0 Å². The van der Waals surface area contributed by atoms with Crippen LogP contribution in [0.3, 0.4) is 0 Å². The molecule has 0 aliphatic carbocycles. The third kappa shape index (κ3) is 4.10. The third-order valence-electron chi connectivity index (χ3n) is 4.33. The Morgan fingerprint density at radius 1 is 0.968 bits per heavy atom. The van der Waals surface area contributed by atoms with Gasteiger partial charge in [-0.25, -0.2) is 9.69 Å². The molecular weight excluding hydrogens is 435 g/mol. The number of aromatic nitrogens is 2. The van der Waals surface area contributed by atoms with Crippen LogP contribution in [-0.4, -0.2) is 28.0 Å². The number of carbonyl (C=O) groups excluding carboxylic acids is 3. The van der Waals surface area contributed by atoms with E-state index in [-0.39, 0.29) is 23.0 Å². The van der Waals surface area contributed by atoms with E-state index in [0.717, 1.165) is 4.90 Å². The average molecular weight is 447 g/mol. The minimum atomic E-state index is -4.63. The lowest BCUT2D eigenvalue weighted by Crippen LogP contribution is -2.29. The summed E-state index contributed by atoms with van der Waals surface area (Å²) in [4.78, 5) is 38.0. The van der Waals surface area contributed by atoms with Crippen LogP contribution in [0.5, 0.6) is 0 Å². The van der Waals surface area contributed by atoms with Gasteiger partial charge in [-0.1, -0.05) is 35.6 Å². The lowest BCUT2D eigenvalue weighted by Gasteiger charge is -2.14. The van der Waals surface area contributed by atoms with Gasteiger partial charge >= 0.3 is 12.2 Å². The zero-order valence-electron chi connectivity index (χ0n) is 15.4. The van der Waals surface area contributed by atoms with Crippen LogP contribution in [0.25, 0.3) is 0 Å². The normalized spacial score (nSPS) is 13.3. The van der Waals surface area contributed by atoms with Crippen molar-refractivity contribution in [2.75, 3.05) is 10.2 Å². The smallest absolute Gasteiger partial charge is 0.334 e. The van der Waals surface area contributed by atoms with Crippen molar-refractivity contribution in [2.45, 2.75) is 12.7 Å². The topological polar surface area (TPSA) is 104 Å². The maximum Gasteiger partial charge on any atom is 0.445 e. The zero-order chi connectivity index (χ0) is 22.2. The van der Waals surface area contributed by atoms with E-state index in [1.165, 1.54) is 0 Å². The number of alkyl halides is 3. The van der Waals surface area contributed by atoms with Crippen molar-refractivity contribution in [2.24, 2.45) is 0 Å². The fourth-order valence-electron chi connectivity index (χ4n) is 2.90. The number of urea groups is 1. The van der Waals surface area contributed by atoms with Gasteiger partial charge in [0.15, 0.2) is 0 Å². The number of hydrogen-bond donors (Lipinski definition) is 2. The number of nitrogens with zero attached hydrogens (tertiary/aromatic N) is 3. The molecular formula is C19H12F3N5O3S. The molecule has 0 saturated heterocycles. The number of hydrogen-bond acceptors (Lipinski definition) is 6. The maximum absolute atomic E-state index is 12.5. The molecule has 3 aromatic rings. The van der Waals surface area contributed by atoms with Gasteiger partial charge in [0.1, 0.15) is 0 Å². The van der Waals surface area contributed by atoms with E-state index in [2.05, 4.69) is 20.8 Å². The molecule has 2 heterocycles. The SMILES string of the molecule is O=C(NCc1ccc(N2C(=O)c3ccccc3C2=O)cc1)Nc1nnc(C(F)(F)F)s1. The van der Waals surface area contributed by atoms with Gasteiger partial charge in [-0.2, -0.15) is 13.2 Å². The number of amides is 4. The average Bonchev–Trinajstić information content (AvgIpc) is 3.31. The second kappa shape index (κ2) is 7.80. The van der Waals surface area contributed by atoms with Crippen LogP contribution in [0.1, 0.15) is 31.3 Å². The van der Waals surface area contributed by atoms with Gasteiger partial charge in [0.2, 0.25) is 10.1 Å². The third-order valence-corrected chi connectivity index (χ3v) is 5.21. The van der Waals surface area contributed by atoms with E-state index < -0.39 is 29.0 Å². The molecule has 2 aromatic carbocycles. The summed E-state index contributed by atoms with van der Waals surface area (Å²) < 4.78 is 37.5. The molecule has 31 heavy (non-hydrogen) atoms. The number of fused-ring (bicyclic) bond motifs is 1. The summed E-state index contributed by atoms with van der Waals surface area (Å²) in [6.45, 7) is 0.0547. The van der Waals surface area contributed by atoms with Crippen molar-refractivity contribution in [1.82, 2.24) is 15.5 Å². The molecule has 1 aromatic heterocycles. The molecule has 1 aliphatic heterocycles. The summed E-state index contributed by atoms with van der Waals surface area (Å²) in [5, 5.41) is 9.46. The first-order valence-electron chi connectivity index (χ1n) is 8.76. The quantitative estimate of drug-likeness (QED) is 0.594. The Labute approximate surface area is 176 Å². The number of halogens is 3. The number of carbonyl (C=O) groups is 3. The molecule has 0 bridgehead atoms. The van der Waals surface area contributed by atoms with Crippen LogP contribution >= 0.6 is 11.3 Å². The predicted octanol–water partition coefficient (Wildman–Crippen LogP) is 3.68. The highest BCUT2D eigenvalue weighted by atomic mass is 32.1. The van der Waals surface area contributed by atoms with Gasteiger partial charge < -0.3 is 5.32 Å². The van der Waals surface area contributed by atoms with Gasteiger partial charge in [-0.3, -0.25) is 14.9 Å². The Morgan fingerprint density at radius 2 is 1.58 bits per heavy atom. The summed E-state index contributed by atoms with van der Waals surface area (Å²) in [7, 11) is 0. The molecule has 158 valence electrons. The molecule has 0 saturated carbocycles. The van der Waals surface area contributed by atoms with Crippen LogP contribution in [0.15, 0.2) is 48.5 Å². The fourth-order valence-corrected chi connectivity index (χ4v) is 3.50. The lowest BCUT2D eigenvalue weighted by atomic mass is 10.1. The van der Waals surface area contributed by atoms with E-state index in [4.69, 9.17) is 0 Å². The number of benzene rings is 2. The van der Waals surface area contributed by atoms with E-state index in [9.17, 15) is 27.6 Å². The molecule has 1 aliphatic rings. The van der Waals surface area contributed by atoms with E-state index in [0.29, 0.717) is 22.4 Å². The summed E-state index contributed by atoms with van der Waals surface area (Å²) in [5.41, 5.74) is 1.69. The molecule has 2 N–H and O–H groups in total. The Bertz CT molecular complexity index is 1140. The van der Waals surface area contributed by atoms with Crippen LogP contribution < -0.4 is 15.5 Å². The highest BCUT2D eigenvalue weighted by Crippen LogP contribution is 2.33. The molecule has 4 rings (SSSR count). The second-order valence-electron chi connectivity index (χ2n) is 6.38. The second-order valence-corrected chi connectivity index (χ2v) is 7.35. The number of rotatable bonds is 4. The number of nitrogens with one attached hydrogen (secondary N) is 2. The van der Waals surface area contributed by atoms with Crippen molar-refractivity contribution in [3.05, 3.63) is 70.2 Å². The van der Waals surface area contributed by atoms with Gasteiger partial charge in [0.25, 0.3) is 11.8 Å². The molecule has 0 radical (unpaired) electrons. The van der Waals surface area contributed by atoms with Gasteiger partial charge in [-0.15, -0.1) is 10.2 Å². The zero-order valence-corrected chi connectivity index (χ0v) is 16.3. The van der Waals surface area contributed by atoms with E-state index in [1.54, 1.807) is 48.5 Å². The Hall–Kier alpha value is -3.80. The Morgan fingerprint density at radius 3 is 2.13 bits per heavy atom. The monoisotopic (exact) mass is 447 g/mol. The first kappa shape index (κ1) is 20.5. The highest BCUT2D eigenvalue weighted by Gasteiger charge is 2.36. The van der Waals surface area contributed by atoms with Gasteiger partial charge in [-0.05, 0) is 29.8 Å². The molecule has 0 atom stereocenters.